The predicted molar refractivity (Wildman–Crippen MR) is 111 cm³/mol. The average Bonchev–Trinajstić information content (AvgIpc) is 3.06. The highest BCUT2D eigenvalue weighted by atomic mass is 35.5. The highest BCUT2D eigenvalue weighted by molar-refractivity contribution is 7.94. The molecule has 0 aliphatic rings. The van der Waals surface area contributed by atoms with Crippen LogP contribution in [0.4, 0.5) is 3.89 Å². The van der Waals surface area contributed by atoms with Crippen LogP contribution in [0.1, 0.15) is 0 Å². The lowest BCUT2D eigenvalue weighted by Gasteiger charge is -2.06. The lowest BCUT2D eigenvalue weighted by atomic mass is 10.0. The second-order valence-corrected chi connectivity index (χ2v) is 8.95. The first kappa shape index (κ1) is 18.9. The lowest BCUT2D eigenvalue weighted by molar-refractivity contribution is 0.593. The Bertz CT molecular complexity index is 1270. The molecule has 4 rings (SSSR count). The van der Waals surface area contributed by atoms with E-state index in [-0.39, 0.29) is 28.5 Å². The van der Waals surface area contributed by atoms with Crippen molar-refractivity contribution in [1.29, 1.82) is 0 Å². The van der Waals surface area contributed by atoms with Gasteiger partial charge in [0.1, 0.15) is 5.52 Å². The molecule has 5 nitrogen and oxygen atoms in total. The number of hydrogen-bond donors (Lipinski definition) is 0. The van der Waals surface area contributed by atoms with E-state index in [1.165, 1.54) is 6.07 Å². The third-order valence-electron chi connectivity index (χ3n) is 4.20. The van der Waals surface area contributed by atoms with Gasteiger partial charge in [0.25, 0.3) is 0 Å². The van der Waals surface area contributed by atoms with E-state index in [0.29, 0.717) is 5.69 Å². The Morgan fingerprint density at radius 1 is 0.964 bits per heavy atom. The molecule has 0 radical (unpaired) electrons. The molecule has 0 aliphatic heterocycles. The summed E-state index contributed by atoms with van der Waals surface area (Å²) in [6.45, 7) is 0. The van der Waals surface area contributed by atoms with Crippen LogP contribution in [0.3, 0.4) is 0 Å². The summed E-state index contributed by atoms with van der Waals surface area (Å²) in [4.78, 5) is 8.37. The minimum atomic E-state index is -3.73. The van der Waals surface area contributed by atoms with Gasteiger partial charge < -0.3 is 0 Å². The van der Waals surface area contributed by atoms with Gasteiger partial charge in [-0.3, -0.25) is 0 Å². The number of hydrogen-bond acceptors (Lipinski definition) is 5. The molecule has 0 fully saturated rings. The number of imidazole rings is 1. The number of benzene rings is 2. The van der Waals surface area contributed by atoms with Gasteiger partial charge in [0.05, 0.1) is 10.7 Å². The molecule has 0 unspecified atom stereocenters. The van der Waals surface area contributed by atoms with Crippen molar-refractivity contribution in [2.75, 3.05) is 6.26 Å². The summed E-state index contributed by atoms with van der Waals surface area (Å²) in [5, 5.41) is -0.134. The molecule has 2 aromatic heterocycles. The zero-order chi connectivity index (χ0) is 19.9. The summed E-state index contributed by atoms with van der Waals surface area (Å²) in [6.07, 6.45) is 0.964. The first-order chi connectivity index (χ1) is 13.4. The molecule has 0 saturated heterocycles. The second-order valence-electron chi connectivity index (χ2n) is 6.13. The minimum Gasteiger partial charge on any atom is -0.227 e. The van der Waals surface area contributed by atoms with Crippen LogP contribution >= 0.6 is 23.9 Å². The highest BCUT2D eigenvalue weighted by Gasteiger charge is 2.23. The van der Waals surface area contributed by atoms with Crippen LogP contribution in [0.5, 0.6) is 0 Å². The van der Waals surface area contributed by atoms with Crippen molar-refractivity contribution in [3.05, 3.63) is 65.7 Å². The number of fused-ring (bicyclic) bond motifs is 1. The minimum absolute atomic E-state index is 0.108. The molecule has 0 saturated carbocycles. The summed E-state index contributed by atoms with van der Waals surface area (Å²) in [5.41, 5.74) is 3.62. The molecule has 4 aromatic rings. The maximum absolute atomic E-state index is 13.3. The van der Waals surface area contributed by atoms with Gasteiger partial charge in [-0.2, -0.15) is 4.98 Å². The molecule has 0 amide bonds. The monoisotopic (exact) mass is 433 g/mol. The van der Waals surface area contributed by atoms with Crippen molar-refractivity contribution >= 4 is 44.9 Å². The van der Waals surface area contributed by atoms with Gasteiger partial charge >= 0.3 is 0 Å². The quantitative estimate of drug-likeness (QED) is 0.442. The molecule has 28 heavy (non-hydrogen) atoms. The third-order valence-corrected chi connectivity index (χ3v) is 6.05. The van der Waals surface area contributed by atoms with Crippen molar-refractivity contribution in [2.45, 2.75) is 5.16 Å². The van der Waals surface area contributed by atoms with Crippen molar-refractivity contribution in [3.63, 3.8) is 0 Å². The van der Waals surface area contributed by atoms with Gasteiger partial charge in [0, 0.05) is 11.8 Å². The van der Waals surface area contributed by atoms with Crippen LogP contribution in [-0.2, 0) is 9.84 Å². The Labute approximate surface area is 170 Å². The summed E-state index contributed by atoms with van der Waals surface area (Å²) in [6, 6.07) is 19.0. The molecule has 0 N–H and O–H groups in total. The molecule has 0 spiro atoms. The summed E-state index contributed by atoms with van der Waals surface area (Å²) < 4.78 is 38.0. The van der Waals surface area contributed by atoms with E-state index in [2.05, 4.69) is 9.97 Å². The van der Waals surface area contributed by atoms with E-state index in [1.54, 1.807) is 0 Å². The zero-order valence-corrected chi connectivity index (χ0v) is 16.9. The largest absolute Gasteiger partial charge is 0.242 e. The Balaban J connectivity index is 1.82. The molecular weight excluding hydrogens is 421 g/mol. The van der Waals surface area contributed by atoms with E-state index in [0.717, 1.165) is 26.9 Å². The SMILES string of the molecule is CS(=O)(=O)c1nc2nc(-c3ccc(-c4ccccc4)cc3)c(Cl)cc2n1SF. The number of pyridine rings is 1. The van der Waals surface area contributed by atoms with Crippen molar-refractivity contribution in [1.82, 2.24) is 13.9 Å². The number of halogens is 2. The summed E-state index contributed by atoms with van der Waals surface area (Å²) >= 11 is 6.11. The van der Waals surface area contributed by atoms with Gasteiger partial charge in [-0.15, -0.1) is 3.89 Å². The summed E-state index contributed by atoms with van der Waals surface area (Å²) in [5.74, 6) is 0. The Morgan fingerprint density at radius 3 is 2.18 bits per heavy atom. The topological polar surface area (TPSA) is 64.8 Å². The van der Waals surface area contributed by atoms with Gasteiger partial charge in [0.15, 0.2) is 18.0 Å². The fourth-order valence-electron chi connectivity index (χ4n) is 2.89. The number of sulfone groups is 1. The van der Waals surface area contributed by atoms with Crippen molar-refractivity contribution in [3.8, 4) is 22.4 Å². The second kappa shape index (κ2) is 7.20. The van der Waals surface area contributed by atoms with Gasteiger partial charge in [-0.1, -0.05) is 66.2 Å². The first-order valence-electron chi connectivity index (χ1n) is 8.12. The van der Waals surface area contributed by atoms with Crippen LogP contribution in [0.2, 0.25) is 5.02 Å². The van der Waals surface area contributed by atoms with Gasteiger partial charge in [0.2, 0.25) is 15.0 Å². The lowest BCUT2D eigenvalue weighted by Crippen LogP contribution is -2.03. The molecule has 2 aromatic carbocycles. The average molecular weight is 434 g/mol. The highest BCUT2D eigenvalue weighted by Crippen LogP contribution is 2.33. The van der Waals surface area contributed by atoms with E-state index >= 15 is 0 Å². The van der Waals surface area contributed by atoms with Crippen LogP contribution in [-0.4, -0.2) is 28.6 Å². The molecule has 142 valence electrons. The normalized spacial score (nSPS) is 11.8. The Kier molecular flexibility index (Phi) is 4.86. The standard InChI is InChI=1S/C19H13ClFN3O2S2/c1-28(25,26)19-23-18-16(24(19)27-21)11-15(20)17(22-18)14-9-7-13(8-10-14)12-5-3-2-4-6-12/h2-11H,1H3. The van der Waals surface area contributed by atoms with E-state index in [1.807, 2.05) is 54.6 Å². The zero-order valence-electron chi connectivity index (χ0n) is 14.5. The fourth-order valence-corrected chi connectivity index (χ4v) is 4.60. The fraction of sp³-hybridized carbons (Fsp3) is 0.0526. The van der Waals surface area contributed by atoms with Crippen LogP contribution in [0.15, 0.2) is 65.8 Å². The predicted octanol–water partition coefficient (Wildman–Crippen LogP) is 5.20. The molecular formula is C19H13ClFN3O2S2. The van der Waals surface area contributed by atoms with E-state index in [9.17, 15) is 12.3 Å². The van der Waals surface area contributed by atoms with Crippen LogP contribution in [0.25, 0.3) is 33.5 Å². The smallest absolute Gasteiger partial charge is 0.227 e. The Morgan fingerprint density at radius 2 is 1.57 bits per heavy atom. The number of nitrogens with zero attached hydrogens (tertiary/aromatic N) is 3. The Hall–Kier alpha value is -2.42. The van der Waals surface area contributed by atoms with E-state index in [4.69, 9.17) is 11.6 Å². The first-order valence-corrected chi connectivity index (χ1v) is 11.1. The van der Waals surface area contributed by atoms with Crippen LogP contribution < -0.4 is 0 Å². The van der Waals surface area contributed by atoms with Gasteiger partial charge in [-0.05, 0) is 17.2 Å². The third kappa shape index (κ3) is 3.39. The van der Waals surface area contributed by atoms with E-state index < -0.39 is 15.0 Å². The number of rotatable bonds is 4. The summed E-state index contributed by atoms with van der Waals surface area (Å²) in [7, 11) is -3.73. The molecule has 0 aliphatic carbocycles. The molecule has 0 bridgehead atoms. The van der Waals surface area contributed by atoms with Crippen molar-refractivity contribution in [2.24, 2.45) is 0 Å². The maximum atomic E-state index is 13.3. The van der Waals surface area contributed by atoms with Crippen molar-refractivity contribution < 1.29 is 12.3 Å². The van der Waals surface area contributed by atoms with Gasteiger partial charge in [-0.25, -0.2) is 17.4 Å². The maximum Gasteiger partial charge on any atom is 0.242 e. The van der Waals surface area contributed by atoms with Crippen LogP contribution in [0, 0.1) is 0 Å². The molecule has 0 atom stereocenters. The number of aromatic nitrogens is 3. The molecule has 9 heteroatoms. The molecule has 2 heterocycles.